The summed E-state index contributed by atoms with van der Waals surface area (Å²) in [7, 11) is 0. The van der Waals surface area contributed by atoms with Gasteiger partial charge in [-0.25, -0.2) is 4.98 Å². The summed E-state index contributed by atoms with van der Waals surface area (Å²) in [5, 5.41) is 2.81. The van der Waals surface area contributed by atoms with E-state index in [0.29, 0.717) is 18.9 Å². The molecule has 2 aliphatic heterocycles. The molecule has 1 aromatic heterocycles. The molecule has 4 nitrogen and oxygen atoms in total. The van der Waals surface area contributed by atoms with Gasteiger partial charge in [0.15, 0.2) is 5.78 Å². The van der Waals surface area contributed by atoms with Crippen molar-refractivity contribution in [2.24, 2.45) is 5.92 Å². The molecule has 0 saturated carbocycles. The lowest BCUT2D eigenvalue weighted by Crippen LogP contribution is -2.42. The minimum atomic E-state index is -0.205. The molecule has 2 fully saturated rings. The highest BCUT2D eigenvalue weighted by atomic mass is 32.1. The minimum Gasteiger partial charge on any atom is -0.378 e. The Balaban J connectivity index is 1.74. The van der Waals surface area contributed by atoms with E-state index in [0.717, 1.165) is 30.9 Å². The second-order valence-electron chi connectivity index (χ2n) is 5.14. The summed E-state index contributed by atoms with van der Waals surface area (Å²) in [6, 6.07) is 0. The standard InChI is InChI=1S/C13H17NO3S/c1-9-14-11(7-18-9)12(15)10-2-4-17-13(6-10)3-5-16-8-13/h7,10H,2-6,8H2,1H3. The van der Waals surface area contributed by atoms with E-state index in [9.17, 15) is 4.79 Å². The van der Waals surface area contributed by atoms with E-state index in [2.05, 4.69) is 4.98 Å². The maximum absolute atomic E-state index is 12.4. The van der Waals surface area contributed by atoms with Crippen LogP contribution in [0.3, 0.4) is 0 Å². The lowest BCUT2D eigenvalue weighted by atomic mass is 9.82. The number of ether oxygens (including phenoxy) is 2. The van der Waals surface area contributed by atoms with Gasteiger partial charge in [-0.15, -0.1) is 11.3 Å². The van der Waals surface area contributed by atoms with Crippen LogP contribution in [0, 0.1) is 12.8 Å². The maximum Gasteiger partial charge on any atom is 0.185 e. The second kappa shape index (κ2) is 4.72. The molecular weight excluding hydrogens is 250 g/mol. The van der Waals surface area contributed by atoms with Gasteiger partial charge in [0.25, 0.3) is 0 Å². The third kappa shape index (κ3) is 2.22. The Hall–Kier alpha value is -0.780. The van der Waals surface area contributed by atoms with Crippen molar-refractivity contribution in [1.29, 1.82) is 0 Å². The van der Waals surface area contributed by atoms with Gasteiger partial charge in [0, 0.05) is 30.9 Å². The van der Waals surface area contributed by atoms with Crippen molar-refractivity contribution in [3.8, 4) is 0 Å². The highest BCUT2D eigenvalue weighted by Crippen LogP contribution is 2.37. The predicted octanol–water partition coefficient (Wildman–Crippen LogP) is 2.22. The summed E-state index contributed by atoms with van der Waals surface area (Å²) in [6.07, 6.45) is 2.49. The molecule has 98 valence electrons. The van der Waals surface area contributed by atoms with Crippen molar-refractivity contribution < 1.29 is 14.3 Å². The van der Waals surface area contributed by atoms with E-state index < -0.39 is 0 Å². The van der Waals surface area contributed by atoms with Crippen LogP contribution in [0.2, 0.25) is 0 Å². The van der Waals surface area contributed by atoms with Gasteiger partial charge in [0.05, 0.1) is 17.2 Å². The first-order valence-corrected chi connectivity index (χ1v) is 7.25. The zero-order chi connectivity index (χ0) is 12.6. The van der Waals surface area contributed by atoms with Crippen molar-refractivity contribution in [1.82, 2.24) is 4.98 Å². The Morgan fingerprint density at radius 3 is 3.11 bits per heavy atom. The van der Waals surface area contributed by atoms with Crippen molar-refractivity contribution in [2.75, 3.05) is 19.8 Å². The molecule has 3 rings (SSSR count). The first kappa shape index (κ1) is 12.3. The van der Waals surface area contributed by atoms with Crippen LogP contribution in [0.25, 0.3) is 0 Å². The number of carbonyl (C=O) groups excluding carboxylic acids is 1. The molecule has 0 N–H and O–H groups in total. The molecule has 0 bridgehead atoms. The molecule has 2 aliphatic rings. The van der Waals surface area contributed by atoms with E-state index in [4.69, 9.17) is 9.47 Å². The summed E-state index contributed by atoms with van der Waals surface area (Å²) >= 11 is 1.53. The molecule has 18 heavy (non-hydrogen) atoms. The molecule has 2 saturated heterocycles. The Kier molecular flexibility index (Phi) is 3.21. The molecule has 1 spiro atoms. The summed E-state index contributed by atoms with van der Waals surface area (Å²) in [4.78, 5) is 16.7. The molecule has 2 unspecified atom stereocenters. The summed E-state index contributed by atoms with van der Waals surface area (Å²) < 4.78 is 11.3. The van der Waals surface area contributed by atoms with E-state index in [-0.39, 0.29) is 17.3 Å². The Bertz CT molecular complexity index is 451. The van der Waals surface area contributed by atoms with Crippen LogP contribution < -0.4 is 0 Å². The topological polar surface area (TPSA) is 48.4 Å². The van der Waals surface area contributed by atoms with Crippen LogP contribution in [0.1, 0.15) is 34.8 Å². The average molecular weight is 267 g/mol. The molecule has 5 heteroatoms. The van der Waals surface area contributed by atoms with Gasteiger partial charge in [-0.3, -0.25) is 4.79 Å². The van der Waals surface area contributed by atoms with Crippen LogP contribution in [0.15, 0.2) is 5.38 Å². The van der Waals surface area contributed by atoms with Gasteiger partial charge in [-0.2, -0.15) is 0 Å². The molecule has 0 radical (unpaired) electrons. The summed E-state index contributed by atoms with van der Waals surface area (Å²) in [5.74, 6) is 0.218. The quantitative estimate of drug-likeness (QED) is 0.771. The largest absolute Gasteiger partial charge is 0.378 e. The first-order chi connectivity index (χ1) is 8.69. The number of rotatable bonds is 2. The number of aryl methyl sites for hydroxylation is 1. The van der Waals surface area contributed by atoms with Crippen LogP contribution in [-0.4, -0.2) is 36.2 Å². The van der Waals surface area contributed by atoms with Crippen LogP contribution >= 0.6 is 11.3 Å². The number of ketones is 1. The Morgan fingerprint density at radius 1 is 1.56 bits per heavy atom. The summed E-state index contributed by atoms with van der Waals surface area (Å²) in [6.45, 7) is 3.96. The van der Waals surface area contributed by atoms with Crippen molar-refractivity contribution in [2.45, 2.75) is 31.8 Å². The number of aromatic nitrogens is 1. The monoisotopic (exact) mass is 267 g/mol. The SMILES string of the molecule is Cc1nc(C(=O)C2CCOC3(CCOC3)C2)cs1. The summed E-state index contributed by atoms with van der Waals surface area (Å²) in [5.41, 5.74) is 0.419. The normalized spacial score (nSPS) is 31.9. The van der Waals surface area contributed by atoms with Gasteiger partial charge in [0.1, 0.15) is 5.69 Å². The van der Waals surface area contributed by atoms with E-state index in [1.54, 1.807) is 0 Å². The van der Waals surface area contributed by atoms with E-state index in [1.165, 1.54) is 11.3 Å². The van der Waals surface area contributed by atoms with Crippen LogP contribution in [-0.2, 0) is 9.47 Å². The smallest absolute Gasteiger partial charge is 0.185 e. The van der Waals surface area contributed by atoms with E-state index >= 15 is 0 Å². The fraction of sp³-hybridized carbons (Fsp3) is 0.692. The molecule has 1 aromatic rings. The molecule has 0 amide bonds. The van der Waals surface area contributed by atoms with Crippen molar-refractivity contribution >= 4 is 17.1 Å². The van der Waals surface area contributed by atoms with Crippen molar-refractivity contribution in [3.05, 3.63) is 16.1 Å². The number of thiazole rings is 1. The van der Waals surface area contributed by atoms with Gasteiger partial charge in [0.2, 0.25) is 0 Å². The number of carbonyl (C=O) groups is 1. The fourth-order valence-electron chi connectivity index (χ4n) is 2.80. The zero-order valence-corrected chi connectivity index (χ0v) is 11.3. The van der Waals surface area contributed by atoms with Crippen LogP contribution in [0.4, 0.5) is 0 Å². The minimum absolute atomic E-state index is 0.0435. The molecule has 3 heterocycles. The van der Waals surface area contributed by atoms with Crippen molar-refractivity contribution in [3.63, 3.8) is 0 Å². The fourth-order valence-corrected chi connectivity index (χ4v) is 3.40. The predicted molar refractivity (Wildman–Crippen MR) is 68.0 cm³/mol. The van der Waals surface area contributed by atoms with Gasteiger partial charge >= 0.3 is 0 Å². The van der Waals surface area contributed by atoms with E-state index in [1.807, 2.05) is 12.3 Å². The first-order valence-electron chi connectivity index (χ1n) is 6.37. The maximum atomic E-state index is 12.4. The third-order valence-corrected chi connectivity index (χ3v) is 4.58. The number of hydrogen-bond donors (Lipinski definition) is 0. The third-order valence-electron chi connectivity index (χ3n) is 3.80. The highest BCUT2D eigenvalue weighted by Gasteiger charge is 2.43. The molecular formula is C13H17NO3S. The number of nitrogens with zero attached hydrogens (tertiary/aromatic N) is 1. The lowest BCUT2D eigenvalue weighted by molar-refractivity contribution is -0.0921. The molecule has 0 aliphatic carbocycles. The highest BCUT2D eigenvalue weighted by molar-refractivity contribution is 7.09. The Morgan fingerprint density at radius 2 is 2.44 bits per heavy atom. The lowest BCUT2D eigenvalue weighted by Gasteiger charge is -2.36. The zero-order valence-electron chi connectivity index (χ0n) is 10.5. The molecule has 0 aromatic carbocycles. The second-order valence-corrected chi connectivity index (χ2v) is 6.20. The van der Waals surface area contributed by atoms with Crippen LogP contribution in [0.5, 0.6) is 0 Å². The molecule has 2 atom stereocenters. The Labute approximate surface area is 110 Å². The van der Waals surface area contributed by atoms with Gasteiger partial charge < -0.3 is 9.47 Å². The average Bonchev–Trinajstić information content (AvgIpc) is 2.98. The van der Waals surface area contributed by atoms with Gasteiger partial charge in [-0.05, 0) is 19.8 Å². The number of hydrogen-bond acceptors (Lipinski definition) is 5. The number of Topliss-reactive ketones (excluding diaryl/α,β-unsaturated/α-hetero) is 1. The van der Waals surface area contributed by atoms with Gasteiger partial charge in [-0.1, -0.05) is 0 Å².